The van der Waals surface area contributed by atoms with Crippen LogP contribution >= 0.6 is 0 Å². The Morgan fingerprint density at radius 1 is 1.05 bits per heavy atom. The van der Waals surface area contributed by atoms with Crippen molar-refractivity contribution >= 4 is 5.91 Å². The van der Waals surface area contributed by atoms with Crippen molar-refractivity contribution in [2.75, 3.05) is 14.1 Å². The third kappa shape index (κ3) is 2.61. The molecule has 22 heavy (non-hydrogen) atoms. The minimum atomic E-state index is -0.133. The molecular weight excluding hydrogens is 276 g/mol. The second-order valence-corrected chi connectivity index (χ2v) is 5.08. The first-order valence-electron chi connectivity index (χ1n) is 6.95. The van der Waals surface area contributed by atoms with Gasteiger partial charge >= 0.3 is 0 Å². The van der Waals surface area contributed by atoms with Gasteiger partial charge in [0.2, 0.25) is 0 Å². The number of benzene rings is 1. The van der Waals surface area contributed by atoms with Crippen molar-refractivity contribution < 1.29 is 4.79 Å². The zero-order valence-corrected chi connectivity index (χ0v) is 12.5. The van der Waals surface area contributed by atoms with Gasteiger partial charge in [-0.15, -0.1) is 0 Å². The molecule has 0 saturated carbocycles. The zero-order chi connectivity index (χ0) is 15.5. The Balaban J connectivity index is 2.17. The van der Waals surface area contributed by atoms with Gasteiger partial charge in [0.05, 0.1) is 5.69 Å². The molecule has 5 nitrogen and oxygen atoms in total. The van der Waals surface area contributed by atoms with E-state index in [-0.39, 0.29) is 5.91 Å². The highest BCUT2D eigenvalue weighted by Gasteiger charge is 2.18. The van der Waals surface area contributed by atoms with Crippen molar-refractivity contribution in [2.45, 2.75) is 0 Å². The van der Waals surface area contributed by atoms with Crippen LogP contribution < -0.4 is 0 Å². The van der Waals surface area contributed by atoms with Gasteiger partial charge in [0.1, 0.15) is 0 Å². The summed E-state index contributed by atoms with van der Waals surface area (Å²) < 4.78 is 1.70. The average Bonchev–Trinajstić information content (AvgIpc) is 3.01. The Labute approximate surface area is 128 Å². The number of carbonyl (C=O) groups excluding carboxylic acids is 1. The minimum absolute atomic E-state index is 0.133. The molecule has 0 fully saturated rings. The third-order valence-corrected chi connectivity index (χ3v) is 3.27. The van der Waals surface area contributed by atoms with Crippen LogP contribution in [-0.2, 0) is 0 Å². The van der Waals surface area contributed by atoms with Crippen molar-refractivity contribution in [3.8, 4) is 17.1 Å². The summed E-state index contributed by atoms with van der Waals surface area (Å²) in [5.41, 5.74) is 2.22. The van der Waals surface area contributed by atoms with Gasteiger partial charge in [0.25, 0.3) is 5.91 Å². The molecule has 2 aromatic heterocycles. The molecule has 5 heteroatoms. The molecule has 0 N–H and O–H groups in total. The number of hydrogen-bond donors (Lipinski definition) is 0. The number of hydrogen-bond acceptors (Lipinski definition) is 3. The van der Waals surface area contributed by atoms with Crippen LogP contribution in [0, 0.1) is 0 Å². The Morgan fingerprint density at radius 2 is 1.77 bits per heavy atom. The van der Waals surface area contributed by atoms with Crippen LogP contribution in [0.15, 0.2) is 60.8 Å². The molecule has 0 spiro atoms. The van der Waals surface area contributed by atoms with Crippen LogP contribution in [0.2, 0.25) is 0 Å². The van der Waals surface area contributed by atoms with Gasteiger partial charge in [-0.05, 0) is 18.2 Å². The Morgan fingerprint density at radius 3 is 2.41 bits per heavy atom. The molecule has 1 amide bonds. The molecule has 0 aliphatic rings. The molecule has 0 unspecified atom stereocenters. The van der Waals surface area contributed by atoms with Gasteiger partial charge in [0, 0.05) is 25.9 Å². The van der Waals surface area contributed by atoms with Crippen molar-refractivity contribution in [1.29, 1.82) is 0 Å². The number of nitrogens with zero attached hydrogens (tertiary/aromatic N) is 4. The van der Waals surface area contributed by atoms with Crippen molar-refractivity contribution in [1.82, 2.24) is 19.7 Å². The summed E-state index contributed by atoms with van der Waals surface area (Å²) in [6.45, 7) is 0. The van der Waals surface area contributed by atoms with Crippen LogP contribution in [0.3, 0.4) is 0 Å². The van der Waals surface area contributed by atoms with Gasteiger partial charge < -0.3 is 4.90 Å². The van der Waals surface area contributed by atoms with Gasteiger partial charge in [-0.25, -0.2) is 9.67 Å². The Kier molecular flexibility index (Phi) is 3.70. The lowest BCUT2D eigenvalue weighted by Gasteiger charge is -2.07. The summed E-state index contributed by atoms with van der Waals surface area (Å²) in [5.74, 6) is 0.547. The number of aromatic nitrogens is 3. The fourth-order valence-corrected chi connectivity index (χ4v) is 2.18. The molecule has 3 aromatic rings. The second kappa shape index (κ2) is 5.81. The average molecular weight is 292 g/mol. The number of carbonyl (C=O) groups is 1. The predicted molar refractivity (Wildman–Crippen MR) is 84.8 cm³/mol. The standard InChI is InChI=1S/C17H16N4O/c1-20(2)17(22)14-12-15(13-8-4-3-5-9-13)21(19-14)16-10-6-7-11-18-16/h3-12H,1-2H3. The van der Waals surface area contributed by atoms with E-state index in [1.54, 1.807) is 31.0 Å². The largest absolute Gasteiger partial charge is 0.343 e. The van der Waals surface area contributed by atoms with E-state index in [1.807, 2.05) is 48.5 Å². The summed E-state index contributed by atoms with van der Waals surface area (Å²) >= 11 is 0. The normalized spacial score (nSPS) is 10.5. The molecule has 0 saturated heterocycles. The third-order valence-electron chi connectivity index (χ3n) is 3.27. The van der Waals surface area contributed by atoms with Gasteiger partial charge in [-0.2, -0.15) is 5.10 Å². The van der Waals surface area contributed by atoms with Crippen molar-refractivity contribution in [3.05, 3.63) is 66.5 Å². The summed E-state index contributed by atoms with van der Waals surface area (Å²) in [5, 5.41) is 4.44. The SMILES string of the molecule is CN(C)C(=O)c1cc(-c2ccccc2)n(-c2ccccn2)n1. The highest BCUT2D eigenvalue weighted by atomic mass is 16.2. The summed E-state index contributed by atoms with van der Waals surface area (Å²) in [4.78, 5) is 18.0. The lowest BCUT2D eigenvalue weighted by Crippen LogP contribution is -2.22. The molecule has 2 heterocycles. The molecule has 0 aliphatic heterocycles. The van der Waals surface area contributed by atoms with Gasteiger partial charge in [-0.1, -0.05) is 36.4 Å². The van der Waals surface area contributed by atoms with Crippen LogP contribution in [0.5, 0.6) is 0 Å². The molecule has 0 aliphatic carbocycles. The smallest absolute Gasteiger partial charge is 0.273 e. The van der Waals surface area contributed by atoms with E-state index in [0.29, 0.717) is 11.5 Å². The van der Waals surface area contributed by atoms with E-state index in [4.69, 9.17) is 0 Å². The fourth-order valence-electron chi connectivity index (χ4n) is 2.18. The first-order valence-corrected chi connectivity index (χ1v) is 6.95. The van der Waals surface area contributed by atoms with E-state index in [0.717, 1.165) is 11.3 Å². The predicted octanol–water partition coefficient (Wildman–Crippen LogP) is 2.64. The zero-order valence-electron chi connectivity index (χ0n) is 12.5. The van der Waals surface area contributed by atoms with E-state index < -0.39 is 0 Å². The number of rotatable bonds is 3. The summed E-state index contributed by atoms with van der Waals surface area (Å²) in [7, 11) is 3.43. The molecule has 0 atom stereocenters. The molecule has 110 valence electrons. The molecule has 0 bridgehead atoms. The van der Waals surface area contributed by atoms with E-state index in [2.05, 4.69) is 10.1 Å². The lowest BCUT2D eigenvalue weighted by molar-refractivity contribution is 0.0821. The minimum Gasteiger partial charge on any atom is -0.343 e. The number of amides is 1. The van der Waals surface area contributed by atoms with E-state index >= 15 is 0 Å². The van der Waals surface area contributed by atoms with Crippen LogP contribution in [-0.4, -0.2) is 39.7 Å². The monoisotopic (exact) mass is 292 g/mol. The van der Waals surface area contributed by atoms with E-state index in [9.17, 15) is 4.79 Å². The quantitative estimate of drug-likeness (QED) is 0.745. The van der Waals surface area contributed by atoms with Crippen LogP contribution in [0.1, 0.15) is 10.5 Å². The summed E-state index contributed by atoms with van der Waals surface area (Å²) in [6.07, 6.45) is 1.71. The van der Waals surface area contributed by atoms with Gasteiger partial charge in [0.15, 0.2) is 11.5 Å². The maximum Gasteiger partial charge on any atom is 0.273 e. The van der Waals surface area contributed by atoms with Crippen LogP contribution in [0.25, 0.3) is 17.1 Å². The highest BCUT2D eigenvalue weighted by molar-refractivity contribution is 5.93. The van der Waals surface area contributed by atoms with Gasteiger partial charge in [-0.3, -0.25) is 4.79 Å². The first kappa shape index (κ1) is 14.0. The van der Waals surface area contributed by atoms with Crippen molar-refractivity contribution in [3.63, 3.8) is 0 Å². The number of pyridine rings is 1. The fraction of sp³-hybridized carbons (Fsp3) is 0.118. The molecule has 0 radical (unpaired) electrons. The Hall–Kier alpha value is -2.95. The molecule has 1 aromatic carbocycles. The summed E-state index contributed by atoms with van der Waals surface area (Å²) in [6, 6.07) is 17.2. The second-order valence-electron chi connectivity index (χ2n) is 5.08. The van der Waals surface area contributed by atoms with Crippen molar-refractivity contribution in [2.24, 2.45) is 0 Å². The maximum absolute atomic E-state index is 12.2. The molecule has 3 rings (SSSR count). The maximum atomic E-state index is 12.2. The Bertz CT molecular complexity index is 722. The topological polar surface area (TPSA) is 51.0 Å². The first-order chi connectivity index (χ1) is 10.7. The molecular formula is C17H16N4O. The lowest BCUT2D eigenvalue weighted by atomic mass is 10.1. The van der Waals surface area contributed by atoms with E-state index in [1.165, 1.54) is 4.90 Å². The highest BCUT2D eigenvalue weighted by Crippen LogP contribution is 2.23. The van der Waals surface area contributed by atoms with Crippen LogP contribution in [0.4, 0.5) is 0 Å².